The van der Waals surface area contributed by atoms with Crippen molar-refractivity contribution in [3.05, 3.63) is 47.8 Å². The third kappa shape index (κ3) is 12.1. The van der Waals surface area contributed by atoms with Gasteiger partial charge < -0.3 is 26.4 Å². The Morgan fingerprint density at radius 2 is 1.68 bits per heavy atom. The van der Waals surface area contributed by atoms with Gasteiger partial charge in [0.15, 0.2) is 0 Å². The Labute approximate surface area is 248 Å². The van der Waals surface area contributed by atoms with Crippen LogP contribution in [-0.4, -0.2) is 70.4 Å². The zero-order valence-corrected chi connectivity index (χ0v) is 25.4. The van der Waals surface area contributed by atoms with Crippen LogP contribution >= 0.6 is 23.5 Å². The number of ether oxygens (including phenoxy) is 1. The first-order valence-electron chi connectivity index (χ1n) is 13.3. The lowest BCUT2D eigenvalue weighted by molar-refractivity contribution is -0.137. The number of amides is 4. The Morgan fingerprint density at radius 3 is 2.24 bits per heavy atom. The Balaban J connectivity index is 2.29. The normalized spacial score (nSPS) is 16.0. The molecule has 0 unspecified atom stereocenters. The maximum Gasteiger partial charge on any atom is 0.330 e. The summed E-state index contributed by atoms with van der Waals surface area (Å²) in [5.74, 6) is -1.40. The number of nitrogens with two attached hydrogens (primary N) is 1. The van der Waals surface area contributed by atoms with E-state index in [2.05, 4.69) is 16.0 Å². The third-order valence-electron chi connectivity index (χ3n) is 6.02. The summed E-state index contributed by atoms with van der Waals surface area (Å²) in [6.45, 7) is 7.24. The highest BCUT2D eigenvalue weighted by molar-refractivity contribution is 8.21. The van der Waals surface area contributed by atoms with E-state index < -0.39 is 53.0 Å². The van der Waals surface area contributed by atoms with Crippen molar-refractivity contribution in [3.8, 4) is 0 Å². The van der Waals surface area contributed by atoms with Crippen LogP contribution in [0.3, 0.4) is 0 Å². The zero-order chi connectivity index (χ0) is 30.6. The number of nitrogens with one attached hydrogen (secondary N) is 3. The summed E-state index contributed by atoms with van der Waals surface area (Å²) in [7, 11) is 0. The fraction of sp³-hybridized carbons (Fsp3) is 0.536. The minimum Gasteiger partial charge on any atom is -0.463 e. The van der Waals surface area contributed by atoms with Crippen LogP contribution in [0.2, 0.25) is 0 Å². The highest BCUT2D eigenvalue weighted by atomic mass is 32.2. The van der Waals surface area contributed by atoms with Crippen LogP contribution in [-0.2, 0) is 35.1 Å². The Hall–Kier alpha value is -3.06. The van der Waals surface area contributed by atoms with Crippen LogP contribution in [0.25, 0.3) is 0 Å². The first kappa shape index (κ1) is 34.1. The zero-order valence-electron chi connectivity index (χ0n) is 23.7. The van der Waals surface area contributed by atoms with E-state index in [1.165, 1.54) is 53.9 Å². The molecule has 1 fully saturated rings. The van der Waals surface area contributed by atoms with E-state index in [4.69, 9.17) is 10.5 Å². The van der Waals surface area contributed by atoms with Crippen molar-refractivity contribution in [2.24, 2.45) is 11.1 Å². The van der Waals surface area contributed by atoms with Gasteiger partial charge in [0, 0.05) is 36.5 Å². The van der Waals surface area contributed by atoms with E-state index >= 15 is 0 Å². The molecule has 0 bridgehead atoms. The van der Waals surface area contributed by atoms with Gasteiger partial charge in [0.2, 0.25) is 23.6 Å². The fourth-order valence-corrected chi connectivity index (χ4v) is 6.50. The van der Waals surface area contributed by atoms with Gasteiger partial charge in [0.1, 0.15) is 22.5 Å². The molecule has 0 aliphatic carbocycles. The van der Waals surface area contributed by atoms with Gasteiger partial charge in [-0.15, -0.1) is 23.5 Å². The lowest BCUT2D eigenvalue weighted by Crippen LogP contribution is -2.59. The predicted octanol–water partition coefficient (Wildman–Crippen LogP) is 2.06. The van der Waals surface area contributed by atoms with Crippen molar-refractivity contribution < 1.29 is 33.1 Å². The molecule has 1 saturated heterocycles. The molecule has 0 spiro atoms. The number of hydrogen-bond acceptors (Lipinski definition) is 8. The summed E-state index contributed by atoms with van der Waals surface area (Å²) in [4.78, 5) is 63.2. The topological polar surface area (TPSA) is 157 Å². The van der Waals surface area contributed by atoms with Gasteiger partial charge in [-0.05, 0) is 36.5 Å². The molecule has 41 heavy (non-hydrogen) atoms. The molecule has 10 nitrogen and oxygen atoms in total. The second-order valence-corrected chi connectivity index (χ2v) is 13.2. The van der Waals surface area contributed by atoms with Crippen molar-refractivity contribution in [1.29, 1.82) is 0 Å². The van der Waals surface area contributed by atoms with Gasteiger partial charge in [-0.1, -0.05) is 39.0 Å². The van der Waals surface area contributed by atoms with Crippen LogP contribution in [0.15, 0.2) is 36.4 Å². The van der Waals surface area contributed by atoms with E-state index in [-0.39, 0.29) is 36.4 Å². The standard InChI is InChI=1S/C28H39FN4O6S2/c1-5-39-22(35)13-11-19(10-12-21(30)34)31-24(36)20(16-17-6-8-18(29)9-7-17)32-25(37)23(28(2,3)4)33-26(38)27-40-14-15-41-27/h6-9,11,13,19-20,23,27H,5,10,12,14-16H2,1-4H3,(H2,30,34)(H,31,36)(H,32,37)(H,33,38)/b13-11+/t19-,20-,23+/m0/s1. The molecule has 13 heteroatoms. The van der Waals surface area contributed by atoms with E-state index in [1.807, 2.05) is 20.8 Å². The SMILES string of the molecule is CCOC(=O)/C=C/[C@H](CCC(N)=O)NC(=O)[C@H](Cc1ccc(F)cc1)NC(=O)[C@@H](NC(=O)C1SCCS1)C(C)(C)C. The fourth-order valence-electron chi connectivity index (χ4n) is 3.90. The smallest absolute Gasteiger partial charge is 0.330 e. The Morgan fingerprint density at radius 1 is 1.05 bits per heavy atom. The average Bonchev–Trinajstić information content (AvgIpc) is 3.44. The molecule has 0 radical (unpaired) electrons. The van der Waals surface area contributed by atoms with Crippen LogP contribution in [0.5, 0.6) is 0 Å². The number of carbonyl (C=O) groups is 5. The first-order chi connectivity index (χ1) is 19.3. The molecule has 1 aromatic rings. The molecule has 5 N–H and O–H groups in total. The number of benzene rings is 1. The molecular formula is C28H39FN4O6S2. The van der Waals surface area contributed by atoms with Gasteiger partial charge >= 0.3 is 5.97 Å². The summed E-state index contributed by atoms with van der Waals surface area (Å²) in [5, 5.41) is 8.35. The van der Waals surface area contributed by atoms with Crippen LogP contribution in [0, 0.1) is 11.2 Å². The van der Waals surface area contributed by atoms with E-state index in [9.17, 15) is 28.4 Å². The molecule has 2 rings (SSSR count). The second-order valence-electron chi connectivity index (χ2n) is 10.5. The highest BCUT2D eigenvalue weighted by Crippen LogP contribution is 2.32. The maximum atomic E-state index is 13.6. The van der Waals surface area contributed by atoms with Crippen LogP contribution in [0.4, 0.5) is 4.39 Å². The molecular weight excluding hydrogens is 571 g/mol. The van der Waals surface area contributed by atoms with Gasteiger partial charge in [0.05, 0.1) is 6.61 Å². The van der Waals surface area contributed by atoms with E-state index in [0.29, 0.717) is 5.56 Å². The molecule has 1 aliphatic heterocycles. The van der Waals surface area contributed by atoms with Crippen LogP contribution in [0.1, 0.15) is 46.1 Å². The molecule has 3 atom stereocenters. The molecule has 226 valence electrons. The lowest BCUT2D eigenvalue weighted by Gasteiger charge is -2.32. The number of hydrogen-bond donors (Lipinski definition) is 4. The summed E-state index contributed by atoms with van der Waals surface area (Å²) >= 11 is 3.02. The van der Waals surface area contributed by atoms with Crippen molar-refractivity contribution in [2.75, 3.05) is 18.1 Å². The van der Waals surface area contributed by atoms with E-state index in [1.54, 1.807) is 6.92 Å². The van der Waals surface area contributed by atoms with Crippen molar-refractivity contribution in [2.45, 2.75) is 69.7 Å². The maximum absolute atomic E-state index is 13.6. The molecule has 1 heterocycles. The second kappa shape index (κ2) is 16.4. The Bertz CT molecular complexity index is 1100. The number of thioether (sulfide) groups is 2. The number of carbonyl (C=O) groups excluding carboxylic acids is 5. The molecule has 0 aromatic heterocycles. The van der Waals surface area contributed by atoms with Crippen molar-refractivity contribution in [3.63, 3.8) is 0 Å². The minimum atomic E-state index is -1.13. The molecule has 0 saturated carbocycles. The van der Waals surface area contributed by atoms with Crippen LogP contribution < -0.4 is 21.7 Å². The third-order valence-corrected chi connectivity index (χ3v) is 9.01. The number of esters is 1. The van der Waals surface area contributed by atoms with E-state index in [0.717, 1.165) is 17.6 Å². The van der Waals surface area contributed by atoms with Crippen molar-refractivity contribution >= 4 is 53.1 Å². The van der Waals surface area contributed by atoms with Gasteiger partial charge in [-0.3, -0.25) is 19.2 Å². The highest BCUT2D eigenvalue weighted by Gasteiger charge is 2.37. The quantitative estimate of drug-likeness (QED) is 0.184. The number of halogens is 1. The van der Waals surface area contributed by atoms with Gasteiger partial charge in [-0.2, -0.15) is 0 Å². The predicted molar refractivity (Wildman–Crippen MR) is 158 cm³/mol. The summed E-state index contributed by atoms with van der Waals surface area (Å²) in [6.07, 6.45) is 2.59. The summed E-state index contributed by atoms with van der Waals surface area (Å²) < 4.78 is 18.1. The van der Waals surface area contributed by atoms with Gasteiger partial charge in [-0.25, -0.2) is 9.18 Å². The van der Waals surface area contributed by atoms with Gasteiger partial charge in [0.25, 0.3) is 0 Å². The summed E-state index contributed by atoms with van der Waals surface area (Å²) in [5.41, 5.74) is 5.18. The largest absolute Gasteiger partial charge is 0.463 e. The lowest BCUT2D eigenvalue weighted by atomic mass is 9.85. The number of primary amides is 1. The minimum absolute atomic E-state index is 0.0150. The monoisotopic (exact) mass is 610 g/mol. The summed E-state index contributed by atoms with van der Waals surface area (Å²) in [6, 6.07) is 2.65. The molecule has 4 amide bonds. The molecule has 1 aliphatic rings. The van der Waals surface area contributed by atoms with Crippen molar-refractivity contribution in [1.82, 2.24) is 16.0 Å². The molecule has 1 aromatic carbocycles. The Kier molecular flexibility index (Phi) is 13.7. The average molecular weight is 611 g/mol. The number of rotatable bonds is 14. The first-order valence-corrected chi connectivity index (χ1v) is 15.4.